The van der Waals surface area contributed by atoms with Gasteiger partial charge in [-0.2, -0.15) is 0 Å². The maximum atomic E-state index is 10.00. The number of hydrogen-bond donors (Lipinski definition) is 2. The minimum atomic E-state index is -0.142. The van der Waals surface area contributed by atoms with Crippen molar-refractivity contribution in [3.63, 3.8) is 0 Å². The molecule has 0 bridgehead atoms. The highest BCUT2D eigenvalue weighted by Crippen LogP contribution is 2.34. The van der Waals surface area contributed by atoms with Gasteiger partial charge < -0.3 is 15.1 Å². The number of nitrogens with zero attached hydrogens (tertiary/aromatic N) is 1. The van der Waals surface area contributed by atoms with Crippen molar-refractivity contribution in [3.8, 4) is 0 Å². The highest BCUT2D eigenvalue weighted by molar-refractivity contribution is 4.82. The fourth-order valence-electron chi connectivity index (χ4n) is 2.75. The van der Waals surface area contributed by atoms with E-state index in [0.717, 1.165) is 31.2 Å². The van der Waals surface area contributed by atoms with Crippen LogP contribution >= 0.6 is 0 Å². The van der Waals surface area contributed by atoms with Crippen molar-refractivity contribution in [1.29, 1.82) is 0 Å². The average Bonchev–Trinajstić information content (AvgIpc) is 2.21. The first-order chi connectivity index (χ1) is 7.54. The van der Waals surface area contributed by atoms with Crippen LogP contribution in [0.5, 0.6) is 0 Å². The van der Waals surface area contributed by atoms with Gasteiger partial charge in [0.2, 0.25) is 0 Å². The summed E-state index contributed by atoms with van der Waals surface area (Å²) >= 11 is 0. The summed E-state index contributed by atoms with van der Waals surface area (Å²) in [6, 6.07) is 0. The summed E-state index contributed by atoms with van der Waals surface area (Å²) in [5, 5.41) is 18.9. The topological polar surface area (TPSA) is 43.7 Å². The van der Waals surface area contributed by atoms with E-state index in [0.29, 0.717) is 12.5 Å². The maximum absolute atomic E-state index is 10.00. The fourth-order valence-corrected chi connectivity index (χ4v) is 2.75. The lowest BCUT2D eigenvalue weighted by molar-refractivity contribution is 0.0204. The Hall–Kier alpha value is -0.120. The second-order valence-electron chi connectivity index (χ2n) is 5.63. The van der Waals surface area contributed by atoms with E-state index in [-0.39, 0.29) is 12.7 Å². The molecule has 16 heavy (non-hydrogen) atoms. The van der Waals surface area contributed by atoms with Gasteiger partial charge in [-0.3, -0.25) is 0 Å². The first-order valence-corrected chi connectivity index (χ1v) is 6.52. The molecule has 2 N–H and O–H groups in total. The average molecular weight is 229 g/mol. The van der Waals surface area contributed by atoms with E-state index in [1.165, 1.54) is 6.42 Å². The molecule has 1 aliphatic carbocycles. The van der Waals surface area contributed by atoms with Gasteiger partial charge in [-0.15, -0.1) is 0 Å². The molecule has 3 nitrogen and oxygen atoms in total. The van der Waals surface area contributed by atoms with Crippen molar-refractivity contribution in [1.82, 2.24) is 4.90 Å². The summed E-state index contributed by atoms with van der Waals surface area (Å²) < 4.78 is 0. The fraction of sp³-hybridized carbons (Fsp3) is 1.00. The lowest BCUT2D eigenvalue weighted by atomic mass is 9.74. The zero-order valence-corrected chi connectivity index (χ0v) is 10.9. The van der Waals surface area contributed by atoms with Crippen molar-refractivity contribution in [2.75, 3.05) is 26.7 Å². The zero-order chi connectivity index (χ0) is 12.1. The molecule has 0 saturated heterocycles. The summed E-state index contributed by atoms with van der Waals surface area (Å²) in [4.78, 5) is 2.12. The van der Waals surface area contributed by atoms with Crippen LogP contribution in [-0.4, -0.2) is 48.0 Å². The zero-order valence-electron chi connectivity index (χ0n) is 10.9. The predicted octanol–water partition coefficient (Wildman–Crippen LogP) is 1.34. The molecule has 0 aromatic carbocycles. The molecule has 0 radical (unpaired) electrons. The standard InChI is InChI=1S/C13H27NO2/c1-10(2)11-4-5-13(16)12(8-11)9-14(3)6-7-15/h10-13,15-16H,4-9H2,1-3H3. The van der Waals surface area contributed by atoms with Crippen molar-refractivity contribution in [2.45, 2.75) is 39.2 Å². The number of rotatable bonds is 5. The minimum Gasteiger partial charge on any atom is -0.395 e. The molecule has 0 aromatic rings. The van der Waals surface area contributed by atoms with Crippen LogP contribution in [0.25, 0.3) is 0 Å². The van der Waals surface area contributed by atoms with Crippen LogP contribution < -0.4 is 0 Å². The minimum absolute atomic E-state index is 0.142. The normalized spacial score (nSPS) is 31.3. The quantitative estimate of drug-likeness (QED) is 0.748. The number of aliphatic hydroxyl groups excluding tert-OH is 2. The van der Waals surface area contributed by atoms with E-state index in [9.17, 15) is 5.11 Å². The Labute approximate surface area is 99.5 Å². The number of aliphatic hydroxyl groups is 2. The van der Waals surface area contributed by atoms with Crippen LogP contribution in [0.4, 0.5) is 0 Å². The molecular formula is C13H27NO2. The molecule has 1 aliphatic rings. The molecule has 0 heterocycles. The van der Waals surface area contributed by atoms with E-state index in [1.807, 2.05) is 7.05 Å². The second kappa shape index (κ2) is 6.58. The van der Waals surface area contributed by atoms with Crippen molar-refractivity contribution in [3.05, 3.63) is 0 Å². The van der Waals surface area contributed by atoms with Gasteiger partial charge in [-0.25, -0.2) is 0 Å². The highest BCUT2D eigenvalue weighted by Gasteiger charge is 2.30. The lowest BCUT2D eigenvalue weighted by Crippen LogP contribution is -2.39. The third-order valence-corrected chi connectivity index (χ3v) is 3.95. The van der Waals surface area contributed by atoms with Gasteiger partial charge in [0.25, 0.3) is 0 Å². The molecule has 0 aliphatic heterocycles. The molecular weight excluding hydrogens is 202 g/mol. The smallest absolute Gasteiger partial charge is 0.0580 e. The van der Waals surface area contributed by atoms with Gasteiger partial charge >= 0.3 is 0 Å². The monoisotopic (exact) mass is 229 g/mol. The van der Waals surface area contributed by atoms with Crippen molar-refractivity contribution < 1.29 is 10.2 Å². The molecule has 0 aromatic heterocycles. The van der Waals surface area contributed by atoms with Crippen LogP contribution in [0.1, 0.15) is 33.1 Å². The van der Waals surface area contributed by atoms with E-state index in [2.05, 4.69) is 18.7 Å². The Bertz CT molecular complexity index is 196. The van der Waals surface area contributed by atoms with Gasteiger partial charge in [0.05, 0.1) is 12.7 Å². The molecule has 0 spiro atoms. The van der Waals surface area contributed by atoms with Gasteiger partial charge in [-0.1, -0.05) is 13.8 Å². The molecule has 1 saturated carbocycles. The Balaban J connectivity index is 2.43. The number of likely N-dealkylation sites (N-methyl/N-ethyl adjacent to an activating group) is 1. The summed E-state index contributed by atoms with van der Waals surface area (Å²) in [6.07, 6.45) is 3.10. The van der Waals surface area contributed by atoms with Gasteiger partial charge in [0.1, 0.15) is 0 Å². The van der Waals surface area contributed by atoms with Crippen LogP contribution in [0.3, 0.4) is 0 Å². The summed E-state index contributed by atoms with van der Waals surface area (Å²) in [5.74, 6) is 1.87. The Kier molecular flexibility index (Phi) is 5.73. The molecule has 3 heteroatoms. The third kappa shape index (κ3) is 4.04. The van der Waals surface area contributed by atoms with Crippen molar-refractivity contribution >= 4 is 0 Å². The van der Waals surface area contributed by atoms with E-state index in [4.69, 9.17) is 5.11 Å². The molecule has 96 valence electrons. The van der Waals surface area contributed by atoms with Gasteiger partial charge in [0.15, 0.2) is 0 Å². The predicted molar refractivity (Wildman–Crippen MR) is 66.3 cm³/mol. The molecule has 3 atom stereocenters. The lowest BCUT2D eigenvalue weighted by Gasteiger charge is -2.37. The van der Waals surface area contributed by atoms with Gasteiger partial charge in [-0.05, 0) is 44.1 Å². The maximum Gasteiger partial charge on any atom is 0.0580 e. The van der Waals surface area contributed by atoms with E-state index < -0.39 is 0 Å². The summed E-state index contributed by atoms with van der Waals surface area (Å²) in [7, 11) is 2.02. The molecule has 3 unspecified atom stereocenters. The van der Waals surface area contributed by atoms with Crippen LogP contribution in [0, 0.1) is 17.8 Å². The van der Waals surface area contributed by atoms with Gasteiger partial charge in [0, 0.05) is 13.1 Å². The Morgan fingerprint density at radius 3 is 2.56 bits per heavy atom. The number of hydrogen-bond acceptors (Lipinski definition) is 3. The largest absolute Gasteiger partial charge is 0.395 e. The molecule has 1 fully saturated rings. The van der Waals surface area contributed by atoms with Crippen LogP contribution in [0.15, 0.2) is 0 Å². The second-order valence-corrected chi connectivity index (χ2v) is 5.63. The van der Waals surface area contributed by atoms with Crippen LogP contribution in [0.2, 0.25) is 0 Å². The molecule has 1 rings (SSSR count). The highest BCUT2D eigenvalue weighted by atomic mass is 16.3. The summed E-state index contributed by atoms with van der Waals surface area (Å²) in [5.41, 5.74) is 0. The SMILES string of the molecule is CC(C)C1CCC(O)C(CN(C)CCO)C1. The Morgan fingerprint density at radius 2 is 2.00 bits per heavy atom. The van der Waals surface area contributed by atoms with E-state index in [1.54, 1.807) is 0 Å². The van der Waals surface area contributed by atoms with Crippen molar-refractivity contribution in [2.24, 2.45) is 17.8 Å². The first kappa shape index (κ1) is 13.9. The molecule has 0 amide bonds. The van der Waals surface area contributed by atoms with Crippen LogP contribution in [-0.2, 0) is 0 Å². The summed E-state index contributed by atoms with van der Waals surface area (Å²) in [6.45, 7) is 6.36. The third-order valence-electron chi connectivity index (χ3n) is 3.95. The first-order valence-electron chi connectivity index (χ1n) is 6.52. The Morgan fingerprint density at radius 1 is 1.31 bits per heavy atom. The van der Waals surface area contributed by atoms with E-state index >= 15 is 0 Å².